The van der Waals surface area contributed by atoms with Crippen molar-refractivity contribution in [2.75, 3.05) is 25.0 Å². The first-order valence-electron chi connectivity index (χ1n) is 11.8. The molecule has 0 radical (unpaired) electrons. The van der Waals surface area contributed by atoms with E-state index in [0.29, 0.717) is 12.5 Å². The smallest absolute Gasteiger partial charge is 0.0647 e. The Hall–Kier alpha value is -2.79. The number of nitrogens with two attached hydrogens (primary N) is 1. The monoisotopic (exact) mass is 458 g/mol. The van der Waals surface area contributed by atoms with Crippen molar-refractivity contribution in [2.45, 2.75) is 31.7 Å². The van der Waals surface area contributed by atoms with E-state index >= 15 is 0 Å². The van der Waals surface area contributed by atoms with Gasteiger partial charge in [0.15, 0.2) is 0 Å². The van der Waals surface area contributed by atoms with Crippen molar-refractivity contribution in [2.24, 2.45) is 5.73 Å². The number of fused-ring (bicyclic) bond motifs is 1. The number of H-pyrrole nitrogens is 1. The molecule has 1 aliphatic rings. The molecule has 1 aliphatic heterocycles. The Labute approximate surface area is 200 Å². The van der Waals surface area contributed by atoms with Crippen molar-refractivity contribution in [1.82, 2.24) is 9.88 Å². The highest BCUT2D eigenvalue weighted by molar-refractivity contribution is 6.35. The third kappa shape index (κ3) is 4.93. The van der Waals surface area contributed by atoms with Gasteiger partial charge in [0.05, 0.1) is 10.5 Å². The van der Waals surface area contributed by atoms with E-state index in [9.17, 15) is 0 Å². The number of likely N-dealkylation sites (tertiary alicyclic amines) is 1. The number of aromatic nitrogens is 1. The van der Waals surface area contributed by atoms with Crippen LogP contribution in [0.1, 0.15) is 35.4 Å². The summed E-state index contributed by atoms with van der Waals surface area (Å²) in [6.07, 6.45) is 5.54. The Balaban J connectivity index is 1.21. The first-order chi connectivity index (χ1) is 16.2. The molecule has 1 aromatic heterocycles. The topological polar surface area (TPSA) is 57.1 Å². The molecule has 2 heterocycles. The number of para-hydroxylation sites is 2. The predicted molar refractivity (Wildman–Crippen MR) is 139 cm³/mol. The van der Waals surface area contributed by atoms with Gasteiger partial charge in [0.1, 0.15) is 0 Å². The third-order valence-electron chi connectivity index (χ3n) is 6.91. The van der Waals surface area contributed by atoms with Gasteiger partial charge in [0.2, 0.25) is 0 Å². The van der Waals surface area contributed by atoms with Crippen LogP contribution in [0, 0.1) is 0 Å². The maximum Gasteiger partial charge on any atom is 0.0647 e. The fourth-order valence-corrected chi connectivity index (χ4v) is 5.28. The van der Waals surface area contributed by atoms with Crippen molar-refractivity contribution in [3.05, 3.63) is 94.6 Å². The molecule has 0 unspecified atom stereocenters. The van der Waals surface area contributed by atoms with Crippen LogP contribution in [0.25, 0.3) is 10.9 Å². The van der Waals surface area contributed by atoms with Crippen LogP contribution in [0.15, 0.2) is 72.9 Å². The minimum atomic E-state index is 0.576. The average Bonchev–Trinajstić information content (AvgIpc) is 3.29. The summed E-state index contributed by atoms with van der Waals surface area (Å²) in [6.45, 7) is 3.88. The molecule has 1 saturated heterocycles. The van der Waals surface area contributed by atoms with Crippen LogP contribution in [0.4, 0.5) is 11.4 Å². The highest BCUT2D eigenvalue weighted by atomic mass is 35.5. The SMILES string of the molecule is NCc1ccc(Nc2ccccc2)cc1CCN1CCC(c2c[nH]c3c(Cl)cccc23)CC1. The Morgan fingerprint density at radius 1 is 0.939 bits per heavy atom. The van der Waals surface area contributed by atoms with Crippen molar-refractivity contribution < 1.29 is 0 Å². The van der Waals surface area contributed by atoms with Crippen LogP contribution in [0.5, 0.6) is 0 Å². The molecular weight excluding hydrogens is 428 g/mol. The van der Waals surface area contributed by atoms with E-state index in [1.807, 2.05) is 30.3 Å². The molecule has 0 saturated carbocycles. The van der Waals surface area contributed by atoms with Crippen molar-refractivity contribution >= 4 is 33.9 Å². The summed E-state index contributed by atoms with van der Waals surface area (Å²) in [6, 6.07) is 23.0. The Kier molecular flexibility index (Phi) is 6.68. The second-order valence-corrected chi connectivity index (χ2v) is 9.36. The number of hydrogen-bond acceptors (Lipinski definition) is 3. The number of anilines is 2. The van der Waals surface area contributed by atoms with Crippen LogP contribution >= 0.6 is 11.6 Å². The molecule has 4 nitrogen and oxygen atoms in total. The largest absolute Gasteiger partial charge is 0.360 e. The van der Waals surface area contributed by atoms with E-state index in [0.717, 1.165) is 48.0 Å². The number of nitrogens with one attached hydrogen (secondary N) is 2. The lowest BCUT2D eigenvalue weighted by Crippen LogP contribution is -2.34. The van der Waals surface area contributed by atoms with E-state index < -0.39 is 0 Å². The molecule has 0 amide bonds. The number of halogens is 1. The van der Waals surface area contributed by atoms with E-state index in [2.05, 4.69) is 57.8 Å². The van der Waals surface area contributed by atoms with Gasteiger partial charge in [-0.05, 0) is 85.3 Å². The Bertz CT molecular complexity index is 1210. The summed E-state index contributed by atoms with van der Waals surface area (Å²) in [5.41, 5.74) is 13.3. The number of hydrogen-bond donors (Lipinski definition) is 3. The summed E-state index contributed by atoms with van der Waals surface area (Å²) in [7, 11) is 0. The molecule has 170 valence electrons. The second kappa shape index (κ2) is 10.0. The van der Waals surface area contributed by atoms with Crippen LogP contribution in [-0.2, 0) is 13.0 Å². The molecule has 3 aromatic carbocycles. The first kappa shape index (κ1) is 22.0. The number of rotatable bonds is 7. The number of aromatic amines is 1. The Morgan fingerprint density at radius 2 is 1.76 bits per heavy atom. The van der Waals surface area contributed by atoms with Crippen molar-refractivity contribution in [3.63, 3.8) is 0 Å². The molecule has 0 bridgehead atoms. The van der Waals surface area contributed by atoms with Gasteiger partial charge in [-0.15, -0.1) is 0 Å². The van der Waals surface area contributed by atoms with Gasteiger partial charge in [-0.25, -0.2) is 0 Å². The van der Waals surface area contributed by atoms with E-state index in [-0.39, 0.29) is 0 Å². The van der Waals surface area contributed by atoms with Gasteiger partial charge >= 0.3 is 0 Å². The van der Waals surface area contributed by atoms with Gasteiger partial charge in [-0.3, -0.25) is 0 Å². The minimum absolute atomic E-state index is 0.576. The third-order valence-corrected chi connectivity index (χ3v) is 7.23. The van der Waals surface area contributed by atoms with Crippen molar-refractivity contribution in [1.29, 1.82) is 0 Å². The van der Waals surface area contributed by atoms with Crippen LogP contribution < -0.4 is 11.1 Å². The summed E-state index contributed by atoms with van der Waals surface area (Å²) < 4.78 is 0. The fourth-order valence-electron chi connectivity index (χ4n) is 5.05. The van der Waals surface area contributed by atoms with Crippen molar-refractivity contribution in [3.8, 4) is 0 Å². The second-order valence-electron chi connectivity index (χ2n) is 8.95. The zero-order valence-electron chi connectivity index (χ0n) is 18.9. The van der Waals surface area contributed by atoms with Crippen LogP contribution in [0.2, 0.25) is 5.02 Å². The summed E-state index contributed by atoms with van der Waals surface area (Å²) in [4.78, 5) is 5.98. The summed E-state index contributed by atoms with van der Waals surface area (Å²) >= 11 is 6.36. The van der Waals surface area contributed by atoms with Gasteiger partial charge in [-0.1, -0.05) is 48.0 Å². The molecule has 0 aliphatic carbocycles. The maximum absolute atomic E-state index is 6.36. The van der Waals surface area contributed by atoms with Gasteiger partial charge in [-0.2, -0.15) is 0 Å². The molecule has 33 heavy (non-hydrogen) atoms. The van der Waals surface area contributed by atoms with E-state index in [4.69, 9.17) is 17.3 Å². The molecule has 5 heteroatoms. The summed E-state index contributed by atoms with van der Waals surface area (Å²) in [5.74, 6) is 0.589. The lowest BCUT2D eigenvalue weighted by atomic mass is 9.89. The van der Waals surface area contributed by atoms with Gasteiger partial charge in [0.25, 0.3) is 0 Å². The van der Waals surface area contributed by atoms with Crippen LogP contribution in [0.3, 0.4) is 0 Å². The maximum atomic E-state index is 6.36. The molecule has 5 rings (SSSR count). The highest BCUT2D eigenvalue weighted by Gasteiger charge is 2.23. The number of piperidine rings is 1. The molecule has 0 spiro atoms. The van der Waals surface area contributed by atoms with E-state index in [1.54, 1.807) is 0 Å². The lowest BCUT2D eigenvalue weighted by molar-refractivity contribution is 0.215. The molecule has 1 fully saturated rings. The first-order valence-corrected chi connectivity index (χ1v) is 12.2. The lowest BCUT2D eigenvalue weighted by Gasteiger charge is -2.32. The Morgan fingerprint density at radius 3 is 2.55 bits per heavy atom. The molecule has 0 atom stereocenters. The van der Waals surface area contributed by atoms with Gasteiger partial charge in [0, 0.05) is 36.0 Å². The fraction of sp³-hybridized carbons (Fsp3) is 0.286. The van der Waals surface area contributed by atoms with Gasteiger partial charge < -0.3 is 20.9 Å². The zero-order chi connectivity index (χ0) is 22.6. The zero-order valence-corrected chi connectivity index (χ0v) is 19.6. The summed E-state index contributed by atoms with van der Waals surface area (Å²) in [5, 5.41) is 5.58. The molecular formula is C28H31ClN4. The molecule has 4 aromatic rings. The average molecular weight is 459 g/mol. The standard InChI is InChI=1S/C28H31ClN4/c29-27-8-4-7-25-26(19-31-28(25)27)20-11-14-33(15-12-20)16-13-21-17-24(10-9-22(21)18-30)32-23-5-2-1-3-6-23/h1-10,17,19-20,31-32H,11-16,18,30H2. The molecule has 4 N–H and O–H groups in total. The minimum Gasteiger partial charge on any atom is -0.360 e. The predicted octanol–water partition coefficient (Wildman–Crippen LogP) is 6.45. The quantitative estimate of drug-likeness (QED) is 0.298. The van der Waals surface area contributed by atoms with E-state index in [1.165, 1.54) is 34.9 Å². The van der Waals surface area contributed by atoms with Crippen LogP contribution in [-0.4, -0.2) is 29.5 Å². The highest BCUT2D eigenvalue weighted by Crippen LogP contribution is 2.35. The number of nitrogens with zero attached hydrogens (tertiary/aromatic N) is 1. The number of benzene rings is 3. The normalized spacial score (nSPS) is 15.2.